The van der Waals surface area contributed by atoms with E-state index in [0.717, 1.165) is 6.54 Å². The average molecular weight is 212 g/mol. The second-order valence-electron chi connectivity index (χ2n) is 4.55. The maximum atomic E-state index is 10.9. The van der Waals surface area contributed by atoms with Crippen LogP contribution in [0.2, 0.25) is 0 Å². The fraction of sp³-hybridized carbons (Fsp3) is 0.818. The maximum Gasteiger partial charge on any atom is 0.310 e. The van der Waals surface area contributed by atoms with Crippen LogP contribution in [0.4, 0.5) is 0 Å². The normalized spacial score (nSPS) is 13.6. The zero-order valence-electron chi connectivity index (χ0n) is 9.95. The number of rotatable bonds is 6. The molecule has 1 N–H and O–H groups in total. The van der Waals surface area contributed by atoms with Gasteiger partial charge in [0.2, 0.25) is 0 Å². The van der Waals surface area contributed by atoms with Crippen LogP contribution in [0.3, 0.4) is 0 Å². The molecule has 86 valence electrons. The molecule has 0 heterocycles. The van der Waals surface area contributed by atoms with E-state index in [9.17, 15) is 4.79 Å². The van der Waals surface area contributed by atoms with Crippen LogP contribution in [0, 0.1) is 22.7 Å². The minimum Gasteiger partial charge on any atom is -0.481 e. The van der Waals surface area contributed by atoms with Crippen molar-refractivity contribution in [1.29, 1.82) is 5.26 Å². The number of aliphatic carboxylic acids is 1. The number of nitrogens with zero attached hydrogens (tertiary/aromatic N) is 2. The third kappa shape index (κ3) is 4.80. The van der Waals surface area contributed by atoms with E-state index in [1.807, 2.05) is 18.7 Å². The lowest BCUT2D eigenvalue weighted by Crippen LogP contribution is -2.40. The average Bonchev–Trinajstić information content (AvgIpc) is 2.15. The largest absolute Gasteiger partial charge is 0.481 e. The molecule has 15 heavy (non-hydrogen) atoms. The van der Waals surface area contributed by atoms with Gasteiger partial charge in [-0.1, -0.05) is 6.92 Å². The molecule has 0 aromatic heterocycles. The predicted octanol–water partition coefficient (Wildman–Crippen LogP) is 1.58. The van der Waals surface area contributed by atoms with E-state index < -0.39 is 11.4 Å². The summed E-state index contributed by atoms with van der Waals surface area (Å²) < 4.78 is 0. The highest BCUT2D eigenvalue weighted by atomic mass is 16.4. The van der Waals surface area contributed by atoms with E-state index >= 15 is 0 Å². The van der Waals surface area contributed by atoms with Crippen molar-refractivity contribution < 1.29 is 9.90 Å². The molecule has 0 aliphatic heterocycles. The number of carboxylic acid groups (broad SMARTS) is 1. The van der Waals surface area contributed by atoms with Gasteiger partial charge in [0.05, 0.1) is 17.4 Å². The summed E-state index contributed by atoms with van der Waals surface area (Å²) in [6.45, 7) is 9.10. The third-order valence-corrected chi connectivity index (χ3v) is 2.40. The molecule has 0 saturated heterocycles. The van der Waals surface area contributed by atoms with E-state index in [-0.39, 0.29) is 5.92 Å². The molecule has 0 aromatic rings. The number of carbonyl (C=O) groups is 1. The Morgan fingerprint density at radius 3 is 2.47 bits per heavy atom. The number of carboxylic acids is 1. The van der Waals surface area contributed by atoms with E-state index in [2.05, 4.69) is 6.07 Å². The predicted molar refractivity (Wildman–Crippen MR) is 58.3 cm³/mol. The van der Waals surface area contributed by atoms with Crippen molar-refractivity contribution in [2.75, 3.05) is 19.6 Å². The summed E-state index contributed by atoms with van der Waals surface area (Å²) in [5, 5.41) is 17.7. The van der Waals surface area contributed by atoms with Crippen molar-refractivity contribution >= 4 is 5.97 Å². The zero-order valence-corrected chi connectivity index (χ0v) is 9.95. The summed E-state index contributed by atoms with van der Waals surface area (Å²) in [5.74, 6) is -0.861. The first-order valence-corrected chi connectivity index (χ1v) is 5.18. The minimum atomic E-state index is -0.800. The first-order valence-electron chi connectivity index (χ1n) is 5.18. The van der Waals surface area contributed by atoms with Crippen LogP contribution in [-0.2, 0) is 4.79 Å². The zero-order chi connectivity index (χ0) is 12.1. The summed E-state index contributed by atoms with van der Waals surface area (Å²) in [7, 11) is 0. The Labute approximate surface area is 91.5 Å². The molecule has 0 aliphatic carbocycles. The molecule has 0 fully saturated rings. The van der Waals surface area contributed by atoms with Crippen LogP contribution in [0.15, 0.2) is 0 Å². The van der Waals surface area contributed by atoms with Crippen LogP contribution < -0.4 is 0 Å². The summed E-state index contributed by atoms with van der Waals surface area (Å²) in [6.07, 6.45) is 0. The van der Waals surface area contributed by atoms with Gasteiger partial charge in [-0.25, -0.2) is 0 Å². The van der Waals surface area contributed by atoms with Crippen LogP contribution in [0.5, 0.6) is 0 Å². The van der Waals surface area contributed by atoms with Gasteiger partial charge in [-0.2, -0.15) is 5.26 Å². The van der Waals surface area contributed by atoms with Gasteiger partial charge in [-0.05, 0) is 27.3 Å². The second kappa shape index (κ2) is 5.72. The quantitative estimate of drug-likeness (QED) is 0.726. The monoisotopic (exact) mass is 212 g/mol. The Hall–Kier alpha value is -1.08. The maximum absolute atomic E-state index is 10.9. The molecule has 0 radical (unpaired) electrons. The SMILES string of the molecule is CCN(CC(C)C#N)CC(C)(C)C(=O)O. The molecule has 1 atom stereocenters. The molecular weight excluding hydrogens is 192 g/mol. The lowest BCUT2D eigenvalue weighted by molar-refractivity contribution is -0.148. The lowest BCUT2D eigenvalue weighted by Gasteiger charge is -2.29. The van der Waals surface area contributed by atoms with Gasteiger partial charge >= 0.3 is 5.97 Å². The molecule has 0 bridgehead atoms. The summed E-state index contributed by atoms with van der Waals surface area (Å²) in [5.41, 5.74) is -0.759. The Bertz CT molecular complexity index is 256. The Morgan fingerprint density at radius 2 is 2.13 bits per heavy atom. The first kappa shape index (κ1) is 13.9. The van der Waals surface area contributed by atoms with Gasteiger partial charge in [-0.3, -0.25) is 4.79 Å². The fourth-order valence-corrected chi connectivity index (χ4v) is 1.36. The molecule has 0 aliphatic rings. The van der Waals surface area contributed by atoms with Gasteiger partial charge < -0.3 is 10.0 Å². The molecule has 0 rings (SSSR count). The first-order chi connectivity index (χ1) is 6.83. The molecule has 1 unspecified atom stereocenters. The van der Waals surface area contributed by atoms with Crippen LogP contribution in [-0.4, -0.2) is 35.6 Å². The Balaban J connectivity index is 4.34. The fourth-order valence-electron chi connectivity index (χ4n) is 1.36. The lowest BCUT2D eigenvalue weighted by atomic mass is 9.92. The van der Waals surface area contributed by atoms with E-state index in [1.165, 1.54) is 0 Å². The van der Waals surface area contributed by atoms with Gasteiger partial charge in [0.15, 0.2) is 0 Å². The van der Waals surface area contributed by atoms with Crippen molar-refractivity contribution in [3.63, 3.8) is 0 Å². The highest BCUT2D eigenvalue weighted by molar-refractivity contribution is 5.73. The molecule has 0 aromatic carbocycles. The van der Waals surface area contributed by atoms with Crippen molar-refractivity contribution in [2.24, 2.45) is 11.3 Å². The summed E-state index contributed by atoms with van der Waals surface area (Å²) in [4.78, 5) is 12.9. The van der Waals surface area contributed by atoms with Gasteiger partial charge in [-0.15, -0.1) is 0 Å². The molecule has 0 amide bonds. The molecule has 0 saturated carbocycles. The van der Waals surface area contributed by atoms with Crippen molar-refractivity contribution in [3.05, 3.63) is 0 Å². The molecule has 4 heteroatoms. The Kier molecular flexibility index (Phi) is 5.31. The topological polar surface area (TPSA) is 64.3 Å². The van der Waals surface area contributed by atoms with Gasteiger partial charge in [0.25, 0.3) is 0 Å². The van der Waals surface area contributed by atoms with E-state index in [0.29, 0.717) is 13.1 Å². The molecule has 4 nitrogen and oxygen atoms in total. The Morgan fingerprint density at radius 1 is 1.60 bits per heavy atom. The number of nitriles is 1. The minimum absolute atomic E-state index is 0.0606. The highest BCUT2D eigenvalue weighted by Gasteiger charge is 2.29. The van der Waals surface area contributed by atoms with Crippen LogP contribution in [0.25, 0.3) is 0 Å². The second-order valence-corrected chi connectivity index (χ2v) is 4.55. The third-order valence-electron chi connectivity index (χ3n) is 2.40. The van der Waals surface area contributed by atoms with Crippen molar-refractivity contribution in [3.8, 4) is 6.07 Å². The standard InChI is InChI=1S/C11H20N2O2/c1-5-13(7-9(2)6-12)8-11(3,4)10(14)15/h9H,5,7-8H2,1-4H3,(H,14,15). The van der Waals surface area contributed by atoms with E-state index in [1.54, 1.807) is 13.8 Å². The smallest absolute Gasteiger partial charge is 0.310 e. The van der Waals surface area contributed by atoms with Crippen LogP contribution >= 0.6 is 0 Å². The van der Waals surface area contributed by atoms with Crippen molar-refractivity contribution in [1.82, 2.24) is 4.90 Å². The summed E-state index contributed by atoms with van der Waals surface area (Å²) >= 11 is 0. The number of hydrogen-bond donors (Lipinski definition) is 1. The molecular formula is C11H20N2O2. The van der Waals surface area contributed by atoms with Gasteiger partial charge in [0, 0.05) is 13.1 Å². The summed E-state index contributed by atoms with van der Waals surface area (Å²) in [6, 6.07) is 2.16. The van der Waals surface area contributed by atoms with Crippen molar-refractivity contribution in [2.45, 2.75) is 27.7 Å². The van der Waals surface area contributed by atoms with Crippen LogP contribution in [0.1, 0.15) is 27.7 Å². The number of hydrogen-bond acceptors (Lipinski definition) is 3. The molecule has 0 spiro atoms. The highest BCUT2D eigenvalue weighted by Crippen LogP contribution is 2.17. The van der Waals surface area contributed by atoms with E-state index in [4.69, 9.17) is 10.4 Å². The van der Waals surface area contributed by atoms with Gasteiger partial charge in [0.1, 0.15) is 0 Å².